The predicted molar refractivity (Wildman–Crippen MR) is 111 cm³/mol. The average Bonchev–Trinajstić information content (AvgIpc) is 2.64. The fourth-order valence-electron chi connectivity index (χ4n) is 2.63. The molecule has 0 bridgehead atoms. The van der Waals surface area contributed by atoms with Gasteiger partial charge < -0.3 is 19.3 Å². The van der Waals surface area contributed by atoms with Gasteiger partial charge in [0.05, 0.1) is 13.2 Å². The summed E-state index contributed by atoms with van der Waals surface area (Å²) in [4.78, 5) is 38.7. The van der Waals surface area contributed by atoms with Gasteiger partial charge in [0.25, 0.3) is 0 Å². The minimum absolute atomic E-state index is 0.0444. The molecule has 2 amide bonds. The van der Waals surface area contributed by atoms with Crippen molar-refractivity contribution in [3.05, 3.63) is 47.5 Å². The molecule has 8 nitrogen and oxygen atoms in total. The third kappa shape index (κ3) is 8.65. The molecule has 2 atom stereocenters. The lowest BCUT2D eigenvalue weighted by atomic mass is 10.0. The molecule has 1 aromatic rings. The van der Waals surface area contributed by atoms with Crippen molar-refractivity contribution in [2.75, 3.05) is 7.11 Å². The number of amides is 2. The first-order chi connectivity index (χ1) is 13.9. The van der Waals surface area contributed by atoms with Gasteiger partial charge in [-0.1, -0.05) is 42.0 Å². The van der Waals surface area contributed by atoms with Gasteiger partial charge in [-0.25, -0.2) is 14.4 Å². The largest absolute Gasteiger partial charge is 0.467 e. The van der Waals surface area contributed by atoms with Crippen LogP contribution in [0.5, 0.6) is 0 Å². The second-order valence-corrected chi connectivity index (χ2v) is 7.89. The van der Waals surface area contributed by atoms with Gasteiger partial charge in [0.2, 0.25) is 0 Å². The Bertz CT molecular complexity index is 750. The van der Waals surface area contributed by atoms with Crippen LogP contribution in [0.25, 0.3) is 0 Å². The van der Waals surface area contributed by atoms with Crippen LogP contribution in [0.2, 0.25) is 0 Å². The van der Waals surface area contributed by atoms with Gasteiger partial charge in [-0.15, -0.1) is 0 Å². The summed E-state index contributed by atoms with van der Waals surface area (Å²) in [5, 5.41) is 9.56. The molecule has 0 saturated carbocycles. The number of aliphatic hydroxyl groups is 1. The summed E-state index contributed by atoms with van der Waals surface area (Å²) in [6.45, 7) is 8.06. The first-order valence-electron chi connectivity index (χ1n) is 9.60. The second kappa shape index (κ2) is 11.3. The lowest BCUT2D eigenvalue weighted by molar-refractivity contribution is -0.146. The second-order valence-electron chi connectivity index (χ2n) is 7.89. The number of aliphatic hydroxyl groups excluding tert-OH is 1. The van der Waals surface area contributed by atoms with Crippen LogP contribution in [0.3, 0.4) is 0 Å². The molecule has 0 unspecified atom stereocenters. The summed E-state index contributed by atoms with van der Waals surface area (Å²) in [5.41, 5.74) is 0.403. The summed E-state index contributed by atoms with van der Waals surface area (Å²) in [5.74, 6) is -0.809. The fraction of sp³-hybridized carbons (Fsp3) is 0.500. The standard InChI is InChI=1S/C22H31NO7/c1-15(12-16(2)24)13-18(19(25)28-6)23(21(27)30-22(3,4)5)20(26)29-14-17-10-8-7-9-11-17/h7-12,16,18,24H,13-14H2,1-6H3/b15-12+/t16-,18+/m1/s1. The van der Waals surface area contributed by atoms with Crippen molar-refractivity contribution >= 4 is 18.2 Å². The molecule has 0 radical (unpaired) electrons. The van der Waals surface area contributed by atoms with Crippen LogP contribution in [-0.4, -0.2) is 53.0 Å². The number of rotatable bonds is 7. The molecule has 0 aromatic heterocycles. The maximum Gasteiger partial charge on any atom is 0.420 e. The van der Waals surface area contributed by atoms with Crippen molar-refractivity contribution in [2.45, 2.75) is 65.4 Å². The van der Waals surface area contributed by atoms with Crippen molar-refractivity contribution in [2.24, 2.45) is 0 Å². The highest BCUT2D eigenvalue weighted by molar-refractivity contribution is 5.94. The number of ether oxygens (including phenoxy) is 3. The van der Waals surface area contributed by atoms with E-state index in [9.17, 15) is 19.5 Å². The molecule has 0 heterocycles. The molecular weight excluding hydrogens is 390 g/mol. The third-order valence-electron chi connectivity index (χ3n) is 3.82. The number of benzene rings is 1. The van der Waals surface area contributed by atoms with E-state index in [1.165, 1.54) is 6.08 Å². The van der Waals surface area contributed by atoms with Crippen molar-refractivity contribution in [3.8, 4) is 0 Å². The molecular formula is C22H31NO7. The summed E-state index contributed by atoms with van der Waals surface area (Å²) >= 11 is 0. The first kappa shape index (κ1) is 25.2. The quantitative estimate of drug-likeness (QED) is 0.406. The number of carbonyl (C=O) groups excluding carboxylic acids is 3. The highest BCUT2D eigenvalue weighted by Crippen LogP contribution is 2.20. The van der Waals surface area contributed by atoms with E-state index in [2.05, 4.69) is 0 Å². The molecule has 0 fully saturated rings. The molecule has 0 aliphatic heterocycles. The number of hydrogen-bond donors (Lipinski definition) is 1. The van der Waals surface area contributed by atoms with Crippen LogP contribution < -0.4 is 0 Å². The minimum atomic E-state index is -1.32. The van der Waals surface area contributed by atoms with E-state index in [0.717, 1.165) is 12.7 Å². The van der Waals surface area contributed by atoms with E-state index < -0.39 is 35.9 Å². The molecule has 30 heavy (non-hydrogen) atoms. The molecule has 8 heteroatoms. The van der Waals surface area contributed by atoms with E-state index in [1.807, 2.05) is 6.07 Å². The fourth-order valence-corrected chi connectivity index (χ4v) is 2.63. The van der Waals surface area contributed by atoms with Crippen LogP contribution in [0.1, 0.15) is 46.6 Å². The van der Waals surface area contributed by atoms with Crippen LogP contribution in [-0.2, 0) is 25.6 Å². The maximum absolute atomic E-state index is 12.8. The van der Waals surface area contributed by atoms with Crippen LogP contribution in [0.4, 0.5) is 9.59 Å². The molecule has 1 aromatic carbocycles. The van der Waals surface area contributed by atoms with E-state index in [0.29, 0.717) is 10.5 Å². The van der Waals surface area contributed by atoms with Crippen molar-refractivity contribution in [1.82, 2.24) is 4.90 Å². The van der Waals surface area contributed by atoms with Gasteiger partial charge in [0.1, 0.15) is 18.2 Å². The van der Waals surface area contributed by atoms with E-state index in [1.54, 1.807) is 58.9 Å². The lowest BCUT2D eigenvalue weighted by Gasteiger charge is -2.30. The zero-order valence-electron chi connectivity index (χ0n) is 18.4. The van der Waals surface area contributed by atoms with Gasteiger partial charge >= 0.3 is 18.2 Å². The zero-order valence-corrected chi connectivity index (χ0v) is 18.4. The molecule has 0 aliphatic rings. The van der Waals surface area contributed by atoms with E-state index >= 15 is 0 Å². The third-order valence-corrected chi connectivity index (χ3v) is 3.82. The Kier molecular flexibility index (Phi) is 9.52. The number of carbonyl (C=O) groups is 3. The molecule has 166 valence electrons. The van der Waals surface area contributed by atoms with Crippen molar-refractivity contribution in [1.29, 1.82) is 0 Å². The van der Waals surface area contributed by atoms with Gasteiger partial charge in [-0.05, 0) is 40.2 Å². The van der Waals surface area contributed by atoms with Crippen molar-refractivity contribution < 1.29 is 33.7 Å². The van der Waals surface area contributed by atoms with Crippen LogP contribution >= 0.6 is 0 Å². The summed E-state index contributed by atoms with van der Waals surface area (Å²) in [6, 6.07) is 7.61. The Morgan fingerprint density at radius 2 is 1.73 bits per heavy atom. The van der Waals surface area contributed by atoms with Gasteiger partial charge in [-0.2, -0.15) is 4.90 Å². The maximum atomic E-state index is 12.8. The Labute approximate surface area is 177 Å². The van der Waals surface area contributed by atoms with E-state index in [-0.39, 0.29) is 13.0 Å². The Balaban J connectivity index is 3.20. The molecule has 0 aliphatic carbocycles. The smallest absolute Gasteiger partial charge is 0.420 e. The minimum Gasteiger partial charge on any atom is -0.467 e. The lowest BCUT2D eigenvalue weighted by Crippen LogP contribution is -2.51. The van der Waals surface area contributed by atoms with Crippen LogP contribution in [0, 0.1) is 0 Å². The Morgan fingerprint density at radius 1 is 1.13 bits per heavy atom. The number of nitrogens with zero attached hydrogens (tertiary/aromatic N) is 1. The van der Waals surface area contributed by atoms with Gasteiger partial charge in [0, 0.05) is 6.42 Å². The molecule has 0 spiro atoms. The Hall–Kier alpha value is -2.87. The summed E-state index contributed by atoms with van der Waals surface area (Å²) in [6.07, 6.45) is -1.35. The number of methoxy groups -OCH3 is 1. The zero-order chi connectivity index (χ0) is 22.9. The molecule has 1 N–H and O–H groups in total. The van der Waals surface area contributed by atoms with Gasteiger partial charge in [0.15, 0.2) is 0 Å². The SMILES string of the molecule is COC(=O)[C@H](C/C(C)=C/[C@@H](C)O)N(C(=O)OCc1ccccc1)C(=O)OC(C)(C)C. The number of hydrogen-bond acceptors (Lipinski definition) is 7. The van der Waals surface area contributed by atoms with Crippen LogP contribution in [0.15, 0.2) is 42.0 Å². The van der Waals surface area contributed by atoms with Gasteiger partial charge in [-0.3, -0.25) is 0 Å². The monoisotopic (exact) mass is 421 g/mol. The highest BCUT2D eigenvalue weighted by Gasteiger charge is 2.39. The number of imide groups is 1. The van der Waals surface area contributed by atoms with E-state index in [4.69, 9.17) is 14.2 Å². The predicted octanol–water partition coefficient (Wildman–Crippen LogP) is 3.82. The molecule has 0 saturated heterocycles. The first-order valence-corrected chi connectivity index (χ1v) is 9.60. The molecule has 1 rings (SSSR count). The topological polar surface area (TPSA) is 102 Å². The summed E-state index contributed by atoms with van der Waals surface area (Å²) in [7, 11) is 1.16. The normalized spacial score (nSPS) is 13.8. The highest BCUT2D eigenvalue weighted by atomic mass is 16.6. The number of esters is 1. The average molecular weight is 421 g/mol. The Morgan fingerprint density at radius 3 is 2.23 bits per heavy atom. The van der Waals surface area contributed by atoms with Crippen molar-refractivity contribution in [3.63, 3.8) is 0 Å². The summed E-state index contributed by atoms with van der Waals surface area (Å²) < 4.78 is 15.4.